The predicted molar refractivity (Wildman–Crippen MR) is 19.5 cm³/mol. The number of rotatable bonds is 0. The Bertz CT molecular complexity index is 42.3. The summed E-state index contributed by atoms with van der Waals surface area (Å²) in [5.74, 6) is 0. The smallest absolute Gasteiger partial charge is 1.00 e. The van der Waals surface area contributed by atoms with E-state index in [1.54, 1.807) is 0 Å². The van der Waals surface area contributed by atoms with Crippen molar-refractivity contribution in [2.75, 3.05) is 0 Å². The van der Waals surface area contributed by atoms with Gasteiger partial charge in [0, 0.05) is 17.1 Å². The fraction of sp³-hybridized carbons (Fsp3) is 0. The molecule has 7 heteroatoms. The molecule has 0 aromatic carbocycles. The Balaban J connectivity index is -0.00000000750. The van der Waals surface area contributed by atoms with Crippen LogP contribution in [0.2, 0.25) is 0 Å². The summed E-state index contributed by atoms with van der Waals surface area (Å²) in [6.07, 6.45) is 0. The zero-order chi connectivity index (χ0) is 3.58. The maximum Gasteiger partial charge on any atom is 1.00 e. The van der Waals surface area contributed by atoms with E-state index in [-0.39, 0.29) is 54.2 Å². The standard InChI is InChI=1S/Fe.H3N.Na.H2O3S.H/c;;;1-4(2)3;/h;1H3;;(H2,1,2,3);/q;;+1;;-1. The van der Waals surface area contributed by atoms with Gasteiger partial charge < -0.3 is 7.58 Å². The van der Waals surface area contributed by atoms with Gasteiger partial charge in [0.25, 0.3) is 11.4 Å². The Morgan fingerprint density at radius 3 is 1.43 bits per heavy atom. The molecule has 0 aromatic heterocycles. The minimum absolute atomic E-state index is 0. The molecule has 0 amide bonds. The summed E-state index contributed by atoms with van der Waals surface area (Å²) in [6.45, 7) is 0. The van der Waals surface area contributed by atoms with Crippen molar-refractivity contribution in [3.05, 3.63) is 0 Å². The molecule has 44 valence electrons. The van der Waals surface area contributed by atoms with Gasteiger partial charge in [0.15, 0.2) is 0 Å². The number of hydrogen-bond acceptors (Lipinski definition) is 2. The van der Waals surface area contributed by atoms with E-state index in [2.05, 4.69) is 0 Å². The van der Waals surface area contributed by atoms with Crippen molar-refractivity contribution >= 4 is 11.4 Å². The van der Waals surface area contributed by atoms with Crippen LogP contribution in [0.1, 0.15) is 1.43 Å². The van der Waals surface area contributed by atoms with Crippen LogP contribution in [0.25, 0.3) is 0 Å². The summed E-state index contributed by atoms with van der Waals surface area (Å²) in [6, 6.07) is 0. The van der Waals surface area contributed by atoms with E-state index in [1.807, 2.05) is 0 Å². The molecule has 0 bridgehead atoms. The monoisotopic (exact) mass is 179 g/mol. The van der Waals surface area contributed by atoms with Gasteiger partial charge in [-0.05, 0) is 0 Å². The van der Waals surface area contributed by atoms with Gasteiger partial charge in [-0.25, -0.2) is 0 Å². The summed E-state index contributed by atoms with van der Waals surface area (Å²) in [4.78, 5) is 0. The topological polar surface area (TPSA) is 92.5 Å². The zero-order valence-electron chi connectivity index (χ0n) is 4.77. The van der Waals surface area contributed by atoms with Crippen molar-refractivity contribution in [3.63, 3.8) is 0 Å². The van der Waals surface area contributed by atoms with Crippen LogP contribution in [0.5, 0.6) is 0 Å². The minimum atomic E-state index is -2.61. The Labute approximate surface area is 78.4 Å². The fourth-order valence-corrected chi connectivity index (χ4v) is 0. The van der Waals surface area contributed by atoms with Crippen LogP contribution in [0.4, 0.5) is 0 Å². The van der Waals surface area contributed by atoms with E-state index in [9.17, 15) is 0 Å². The van der Waals surface area contributed by atoms with Gasteiger partial charge in [0.05, 0.1) is 0 Å². The van der Waals surface area contributed by atoms with E-state index < -0.39 is 11.4 Å². The van der Waals surface area contributed by atoms with Gasteiger partial charge in [-0.1, -0.05) is 0 Å². The maximum absolute atomic E-state index is 8.67. The van der Waals surface area contributed by atoms with Gasteiger partial charge in [-0.2, -0.15) is 4.21 Å². The van der Waals surface area contributed by atoms with Crippen molar-refractivity contribution in [2.45, 2.75) is 0 Å². The Morgan fingerprint density at radius 1 is 1.43 bits per heavy atom. The van der Waals surface area contributed by atoms with Gasteiger partial charge >= 0.3 is 29.6 Å². The van der Waals surface area contributed by atoms with Gasteiger partial charge in [0.2, 0.25) is 0 Å². The third-order valence-corrected chi connectivity index (χ3v) is 0. The summed E-state index contributed by atoms with van der Waals surface area (Å²) < 4.78 is 22.8. The summed E-state index contributed by atoms with van der Waals surface area (Å²) in [7, 11) is 0. The zero-order valence-corrected chi connectivity index (χ0v) is 7.69. The van der Waals surface area contributed by atoms with Crippen LogP contribution < -0.4 is 35.7 Å². The molecule has 0 atom stereocenters. The van der Waals surface area contributed by atoms with Gasteiger partial charge in [-0.15, -0.1) is 0 Å². The van der Waals surface area contributed by atoms with Crippen molar-refractivity contribution in [2.24, 2.45) is 0 Å². The molecule has 4 nitrogen and oxygen atoms in total. The molecule has 0 unspecified atom stereocenters. The molecule has 0 aromatic rings. The quantitative estimate of drug-likeness (QED) is 0.272. The molecule has 0 aliphatic rings. The van der Waals surface area contributed by atoms with Crippen molar-refractivity contribution in [1.82, 2.24) is 6.15 Å². The molecular weight excluding hydrogens is 173 g/mol. The average Bonchev–Trinajstić information content (AvgIpc) is 0.811. The van der Waals surface area contributed by atoms with Crippen LogP contribution in [0.3, 0.4) is 0 Å². The Hall–Kier alpha value is 1.55. The first-order chi connectivity index (χ1) is 1.73. The third kappa shape index (κ3) is 96.8. The van der Waals surface area contributed by atoms with Crippen LogP contribution in [0, 0.1) is 0 Å². The van der Waals surface area contributed by atoms with E-state index >= 15 is 0 Å². The first-order valence-corrected chi connectivity index (χ1v) is 1.60. The molecule has 0 aliphatic carbocycles. The van der Waals surface area contributed by atoms with Crippen molar-refractivity contribution in [3.8, 4) is 0 Å². The van der Waals surface area contributed by atoms with Crippen molar-refractivity contribution in [1.29, 1.82) is 0 Å². The molecule has 5 N–H and O–H groups in total. The largest absolute Gasteiger partial charge is 1.00 e. The normalized spacial score (nSPS) is 5.00. The summed E-state index contributed by atoms with van der Waals surface area (Å²) >= 11 is -2.61. The molecule has 0 spiro atoms. The molecule has 0 saturated heterocycles. The van der Waals surface area contributed by atoms with E-state index in [1.165, 1.54) is 0 Å². The third-order valence-electron chi connectivity index (χ3n) is 0. The van der Waals surface area contributed by atoms with E-state index in [0.717, 1.165) is 0 Å². The Kier molecular flexibility index (Phi) is 52.6. The molecule has 0 fully saturated rings. The summed E-state index contributed by atoms with van der Waals surface area (Å²) in [5.41, 5.74) is 0. The number of hydrogen-bond donors (Lipinski definition) is 3. The Morgan fingerprint density at radius 2 is 1.43 bits per heavy atom. The first-order valence-electron chi connectivity index (χ1n) is 0.532. The molecule has 0 rings (SSSR count). The van der Waals surface area contributed by atoms with Gasteiger partial charge in [0.1, 0.15) is 0 Å². The fourth-order valence-electron chi connectivity index (χ4n) is 0. The minimum Gasteiger partial charge on any atom is -1.00 e. The van der Waals surface area contributed by atoms with Crippen LogP contribution in [-0.2, 0) is 28.4 Å². The van der Waals surface area contributed by atoms with Crippen molar-refractivity contribution < 1.29 is 61.4 Å². The van der Waals surface area contributed by atoms with E-state index in [0.29, 0.717) is 0 Å². The summed E-state index contributed by atoms with van der Waals surface area (Å²) in [5, 5.41) is 0. The molecule has 0 aliphatic heterocycles. The average molecular weight is 179 g/mol. The second-order valence-electron chi connectivity index (χ2n) is 0.231. The van der Waals surface area contributed by atoms with E-state index in [4.69, 9.17) is 13.3 Å². The molecule has 7 heavy (non-hydrogen) atoms. The second-order valence-corrected chi connectivity index (χ2v) is 0.692. The molecule has 0 heterocycles. The van der Waals surface area contributed by atoms with Crippen LogP contribution in [-0.4, -0.2) is 13.3 Å². The first kappa shape index (κ1) is 23.5. The SMILES string of the molecule is N.O=S(O)O.[Fe].[H-].[Na+]. The van der Waals surface area contributed by atoms with Crippen LogP contribution in [0.15, 0.2) is 0 Å². The molecule has 0 saturated carbocycles. The van der Waals surface area contributed by atoms with Crippen LogP contribution >= 0.6 is 0 Å². The molecule has 0 radical (unpaired) electrons. The second kappa shape index (κ2) is 15.6. The predicted octanol–water partition coefficient (Wildman–Crippen LogP) is -3.04. The molecular formula is H6FeNNaO3S. The van der Waals surface area contributed by atoms with Gasteiger partial charge in [-0.3, -0.25) is 9.11 Å². The maximum atomic E-state index is 8.67.